The zero-order valence-corrected chi connectivity index (χ0v) is 16.0. The molecule has 0 bridgehead atoms. The lowest BCUT2D eigenvalue weighted by Gasteiger charge is -2.22. The number of benzene rings is 1. The van der Waals surface area contributed by atoms with Gasteiger partial charge in [0.05, 0.1) is 0 Å². The van der Waals surface area contributed by atoms with Crippen molar-refractivity contribution in [2.24, 2.45) is 16.8 Å². The lowest BCUT2D eigenvalue weighted by Crippen LogP contribution is -2.40. The van der Waals surface area contributed by atoms with Crippen LogP contribution in [0.2, 0.25) is 0 Å². The number of nitrogens with zero attached hydrogens (tertiary/aromatic N) is 3. The third-order valence-electron chi connectivity index (χ3n) is 5.60. The van der Waals surface area contributed by atoms with E-state index in [4.69, 9.17) is 4.99 Å². The van der Waals surface area contributed by atoms with Crippen LogP contribution in [0.4, 0.5) is 0 Å². The fourth-order valence-electron chi connectivity index (χ4n) is 4.13. The highest BCUT2D eigenvalue weighted by Gasteiger charge is 2.26. The van der Waals surface area contributed by atoms with E-state index in [1.807, 2.05) is 0 Å². The number of nitrogens with one attached hydrogen (secondary N) is 1. The molecule has 138 valence electrons. The van der Waals surface area contributed by atoms with E-state index in [1.54, 1.807) is 0 Å². The molecule has 1 N–H and O–H groups in total. The summed E-state index contributed by atoms with van der Waals surface area (Å²) < 4.78 is 0. The number of rotatable bonds is 6. The SMILES string of the molecule is CCNC(=NCC1CCN(CC)C1)N1CCC(Cc2ccccc2)C1. The first-order chi connectivity index (χ1) is 12.3. The summed E-state index contributed by atoms with van der Waals surface area (Å²) in [7, 11) is 0. The molecule has 2 fully saturated rings. The Morgan fingerprint density at radius 1 is 1.08 bits per heavy atom. The Morgan fingerprint density at radius 2 is 1.88 bits per heavy atom. The fraction of sp³-hybridized carbons (Fsp3) is 0.667. The van der Waals surface area contributed by atoms with Gasteiger partial charge in [-0.15, -0.1) is 0 Å². The third-order valence-corrected chi connectivity index (χ3v) is 5.60. The number of aliphatic imine (C=N–C) groups is 1. The fourth-order valence-corrected chi connectivity index (χ4v) is 4.13. The molecule has 2 aliphatic heterocycles. The maximum atomic E-state index is 4.99. The Kier molecular flexibility index (Phi) is 6.74. The maximum Gasteiger partial charge on any atom is 0.193 e. The van der Waals surface area contributed by atoms with Gasteiger partial charge in [0.15, 0.2) is 5.96 Å². The van der Waals surface area contributed by atoms with E-state index in [0.29, 0.717) is 0 Å². The van der Waals surface area contributed by atoms with Crippen LogP contribution < -0.4 is 5.32 Å². The van der Waals surface area contributed by atoms with Crippen LogP contribution in [0.15, 0.2) is 35.3 Å². The van der Waals surface area contributed by atoms with Gasteiger partial charge in [0.25, 0.3) is 0 Å². The van der Waals surface area contributed by atoms with Gasteiger partial charge in [-0.3, -0.25) is 4.99 Å². The minimum Gasteiger partial charge on any atom is -0.357 e. The zero-order valence-electron chi connectivity index (χ0n) is 16.0. The van der Waals surface area contributed by atoms with Gasteiger partial charge in [0, 0.05) is 32.7 Å². The molecule has 2 atom stereocenters. The van der Waals surface area contributed by atoms with Crippen molar-refractivity contribution < 1.29 is 0 Å². The first-order valence-electron chi connectivity index (χ1n) is 10.1. The number of hydrogen-bond donors (Lipinski definition) is 1. The molecule has 0 spiro atoms. The van der Waals surface area contributed by atoms with Crippen LogP contribution in [0.3, 0.4) is 0 Å². The maximum absolute atomic E-state index is 4.99. The number of likely N-dealkylation sites (tertiary alicyclic amines) is 2. The van der Waals surface area contributed by atoms with Gasteiger partial charge in [-0.05, 0) is 56.7 Å². The van der Waals surface area contributed by atoms with Crippen molar-refractivity contribution in [3.8, 4) is 0 Å². The summed E-state index contributed by atoms with van der Waals surface area (Å²) in [4.78, 5) is 10.0. The van der Waals surface area contributed by atoms with E-state index < -0.39 is 0 Å². The molecule has 0 aliphatic carbocycles. The monoisotopic (exact) mass is 342 g/mol. The largest absolute Gasteiger partial charge is 0.357 e. The highest BCUT2D eigenvalue weighted by Crippen LogP contribution is 2.21. The van der Waals surface area contributed by atoms with Crippen LogP contribution in [0, 0.1) is 11.8 Å². The molecule has 1 aromatic rings. The first kappa shape index (κ1) is 18.2. The van der Waals surface area contributed by atoms with Crippen LogP contribution in [0.1, 0.15) is 32.3 Å². The van der Waals surface area contributed by atoms with Crippen molar-refractivity contribution in [3.63, 3.8) is 0 Å². The van der Waals surface area contributed by atoms with Crippen molar-refractivity contribution in [2.45, 2.75) is 33.1 Å². The minimum atomic E-state index is 0.733. The van der Waals surface area contributed by atoms with Gasteiger partial charge in [0.2, 0.25) is 0 Å². The minimum absolute atomic E-state index is 0.733. The molecule has 4 heteroatoms. The van der Waals surface area contributed by atoms with E-state index in [0.717, 1.165) is 44.0 Å². The summed E-state index contributed by atoms with van der Waals surface area (Å²) in [6.07, 6.45) is 3.75. The van der Waals surface area contributed by atoms with Crippen molar-refractivity contribution in [1.82, 2.24) is 15.1 Å². The van der Waals surface area contributed by atoms with Crippen molar-refractivity contribution in [1.29, 1.82) is 0 Å². The van der Waals surface area contributed by atoms with Crippen LogP contribution in [-0.4, -0.2) is 61.6 Å². The highest BCUT2D eigenvalue weighted by molar-refractivity contribution is 5.80. The smallest absolute Gasteiger partial charge is 0.193 e. The second-order valence-corrected chi connectivity index (χ2v) is 7.53. The van der Waals surface area contributed by atoms with Crippen molar-refractivity contribution in [3.05, 3.63) is 35.9 Å². The predicted molar refractivity (Wildman–Crippen MR) is 106 cm³/mol. The van der Waals surface area contributed by atoms with Gasteiger partial charge in [0.1, 0.15) is 0 Å². The lowest BCUT2D eigenvalue weighted by molar-refractivity contribution is 0.343. The molecule has 25 heavy (non-hydrogen) atoms. The van der Waals surface area contributed by atoms with Crippen LogP contribution in [-0.2, 0) is 6.42 Å². The molecule has 2 saturated heterocycles. The Hall–Kier alpha value is -1.55. The average molecular weight is 343 g/mol. The number of guanidine groups is 1. The van der Waals surface area contributed by atoms with E-state index in [2.05, 4.69) is 59.3 Å². The molecule has 2 aliphatic rings. The summed E-state index contributed by atoms with van der Waals surface area (Å²) in [5.74, 6) is 2.61. The predicted octanol–water partition coefficient (Wildman–Crippen LogP) is 2.86. The van der Waals surface area contributed by atoms with E-state index in [9.17, 15) is 0 Å². The normalized spacial score (nSPS) is 24.9. The summed E-state index contributed by atoms with van der Waals surface area (Å²) in [5.41, 5.74) is 1.46. The molecular weight excluding hydrogens is 308 g/mol. The van der Waals surface area contributed by atoms with Gasteiger partial charge in [-0.2, -0.15) is 0 Å². The Morgan fingerprint density at radius 3 is 2.60 bits per heavy atom. The molecule has 1 aromatic carbocycles. The molecule has 4 nitrogen and oxygen atoms in total. The van der Waals surface area contributed by atoms with Crippen molar-refractivity contribution >= 4 is 5.96 Å². The Labute approximate surface area is 153 Å². The molecule has 3 rings (SSSR count). The van der Waals surface area contributed by atoms with Crippen LogP contribution >= 0.6 is 0 Å². The van der Waals surface area contributed by atoms with E-state index >= 15 is 0 Å². The van der Waals surface area contributed by atoms with Gasteiger partial charge in [-0.1, -0.05) is 37.3 Å². The Bertz CT molecular complexity index is 542. The van der Waals surface area contributed by atoms with Gasteiger partial charge < -0.3 is 15.1 Å². The molecule has 2 heterocycles. The second kappa shape index (κ2) is 9.23. The number of hydrogen-bond acceptors (Lipinski definition) is 2. The summed E-state index contributed by atoms with van der Waals surface area (Å²) in [6, 6.07) is 10.9. The zero-order chi connectivity index (χ0) is 17.5. The van der Waals surface area contributed by atoms with Crippen LogP contribution in [0.25, 0.3) is 0 Å². The quantitative estimate of drug-likeness (QED) is 0.637. The van der Waals surface area contributed by atoms with Crippen LogP contribution in [0.5, 0.6) is 0 Å². The highest BCUT2D eigenvalue weighted by atomic mass is 15.3. The first-order valence-corrected chi connectivity index (χ1v) is 10.1. The average Bonchev–Trinajstić information content (AvgIpc) is 3.29. The third kappa shape index (κ3) is 5.21. The molecule has 0 amide bonds. The van der Waals surface area contributed by atoms with E-state index in [-0.39, 0.29) is 0 Å². The summed E-state index contributed by atoms with van der Waals surface area (Å²) in [5, 5.41) is 3.52. The molecular formula is C21H34N4. The van der Waals surface area contributed by atoms with Gasteiger partial charge >= 0.3 is 0 Å². The topological polar surface area (TPSA) is 30.9 Å². The van der Waals surface area contributed by atoms with E-state index in [1.165, 1.54) is 44.5 Å². The lowest BCUT2D eigenvalue weighted by atomic mass is 9.99. The second-order valence-electron chi connectivity index (χ2n) is 7.53. The Balaban J connectivity index is 1.53. The summed E-state index contributed by atoms with van der Waals surface area (Å²) in [6.45, 7) is 12.2. The van der Waals surface area contributed by atoms with Crippen molar-refractivity contribution in [2.75, 3.05) is 45.8 Å². The molecule has 0 aromatic heterocycles. The molecule has 2 unspecified atom stereocenters. The standard InChI is InChI=1S/C21H34N4/c1-3-22-21(23-15-20-10-12-24(4-2)16-20)25-13-11-19(17-25)14-18-8-6-5-7-9-18/h5-9,19-20H,3-4,10-17H2,1-2H3,(H,22,23). The molecule has 0 saturated carbocycles. The molecule has 0 radical (unpaired) electrons. The van der Waals surface area contributed by atoms with Gasteiger partial charge in [-0.25, -0.2) is 0 Å². The summed E-state index contributed by atoms with van der Waals surface area (Å²) >= 11 is 0.